The molecule has 7 rings (SSSR count). The summed E-state index contributed by atoms with van der Waals surface area (Å²) in [6.45, 7) is 11.1. The molecule has 1 aromatic rings. The molecule has 10 heteroatoms. The smallest absolute Gasteiger partial charge is 0.479 e. The Morgan fingerprint density at radius 1 is 1.24 bits per heavy atom. The van der Waals surface area contributed by atoms with Crippen LogP contribution in [0.2, 0.25) is 0 Å². The molecule has 0 unspecified atom stereocenters. The summed E-state index contributed by atoms with van der Waals surface area (Å²) in [6, 6.07) is 3.07. The van der Waals surface area contributed by atoms with Crippen molar-refractivity contribution in [3.05, 3.63) is 23.5 Å². The third kappa shape index (κ3) is 3.73. The molecule has 228 valence electrons. The van der Waals surface area contributed by atoms with E-state index in [4.69, 9.17) is 14.1 Å². The summed E-state index contributed by atoms with van der Waals surface area (Å²) in [7, 11) is -1.36. The second kappa shape index (κ2) is 9.50. The maximum Gasteiger partial charge on any atom is 0.494 e. The number of Topliss-reactive ketones (excluding diaryl/α,β-unsaturated/α-hetero) is 1. The number of likely N-dealkylation sites (tertiary alicyclic amines) is 1. The van der Waals surface area contributed by atoms with E-state index in [0.29, 0.717) is 24.2 Å². The fourth-order valence-electron chi connectivity index (χ4n) is 10.8. The molecule has 4 saturated carbocycles. The third-order valence-electron chi connectivity index (χ3n) is 13.0. The second-order valence-corrected chi connectivity index (χ2v) is 15.0. The molecule has 2 bridgehead atoms. The highest BCUT2D eigenvalue weighted by molar-refractivity contribution is 6.61. The number of aliphatic hydroxyl groups excluding tert-OH is 1. The van der Waals surface area contributed by atoms with E-state index in [-0.39, 0.29) is 41.0 Å². The van der Waals surface area contributed by atoms with Crippen LogP contribution in [0.3, 0.4) is 0 Å². The minimum absolute atomic E-state index is 0.0294. The first kappa shape index (κ1) is 28.7. The van der Waals surface area contributed by atoms with Crippen LogP contribution in [-0.2, 0) is 25.6 Å². The first-order valence-electron chi connectivity index (χ1n) is 15.7. The number of rotatable bonds is 6. The van der Waals surface area contributed by atoms with Crippen molar-refractivity contribution in [2.24, 2.45) is 39.4 Å². The minimum Gasteiger partial charge on any atom is -0.479 e. The van der Waals surface area contributed by atoms with Crippen LogP contribution in [0.4, 0.5) is 4.39 Å². The molecule has 4 aliphatic carbocycles. The van der Waals surface area contributed by atoms with Gasteiger partial charge in [0.05, 0.1) is 12.7 Å². The Bertz CT molecular complexity index is 1320. The molecule has 2 aliphatic heterocycles. The summed E-state index contributed by atoms with van der Waals surface area (Å²) in [6.07, 6.45) is 3.43. The standard InChI is InChI=1S/C32H43BFNO7/c1-18-12-32-16-31(9-8-22(32)36)19(2)27(38)29(3,17-35-10-5-11-35)13-23(30(18,4)28(31)32)42-24(37)15-40-21-7-6-20-14-41-33(39)25(20)26(21)34/h6-7,18-19,23,27-28,38-39H,5,8-17H2,1-4H3/t18-,19+,23-,27+,28+,29+,30+,31-,32-/m1/s1. The average molecular weight is 584 g/mol. The summed E-state index contributed by atoms with van der Waals surface area (Å²) in [5.41, 5.74) is -0.947. The zero-order chi connectivity index (χ0) is 29.8. The van der Waals surface area contributed by atoms with Gasteiger partial charge in [0.15, 0.2) is 18.2 Å². The maximum absolute atomic E-state index is 15.1. The van der Waals surface area contributed by atoms with Gasteiger partial charge in [0.2, 0.25) is 0 Å². The molecule has 5 fully saturated rings. The van der Waals surface area contributed by atoms with Gasteiger partial charge in [-0.3, -0.25) is 4.79 Å². The topological polar surface area (TPSA) is 106 Å². The predicted molar refractivity (Wildman–Crippen MR) is 152 cm³/mol. The highest BCUT2D eigenvalue weighted by atomic mass is 19.1. The first-order chi connectivity index (χ1) is 19.9. The fraction of sp³-hybridized carbons (Fsp3) is 0.750. The predicted octanol–water partition coefficient (Wildman–Crippen LogP) is 2.85. The summed E-state index contributed by atoms with van der Waals surface area (Å²) < 4.78 is 32.2. The quantitative estimate of drug-likeness (QED) is 0.389. The van der Waals surface area contributed by atoms with Crippen molar-refractivity contribution >= 4 is 24.3 Å². The Balaban J connectivity index is 1.20. The largest absolute Gasteiger partial charge is 0.494 e. The minimum atomic E-state index is -1.36. The number of hydrogen-bond donors (Lipinski definition) is 2. The van der Waals surface area contributed by atoms with Crippen LogP contribution in [0.25, 0.3) is 0 Å². The van der Waals surface area contributed by atoms with Crippen molar-refractivity contribution in [2.45, 2.75) is 85.0 Å². The molecule has 0 radical (unpaired) electrons. The summed E-state index contributed by atoms with van der Waals surface area (Å²) in [4.78, 5) is 29.4. The van der Waals surface area contributed by atoms with E-state index in [9.17, 15) is 19.7 Å². The molecule has 8 nitrogen and oxygen atoms in total. The van der Waals surface area contributed by atoms with Gasteiger partial charge in [0.25, 0.3) is 0 Å². The summed E-state index contributed by atoms with van der Waals surface area (Å²) in [5, 5.41) is 22.1. The molecule has 2 spiro atoms. The molecular weight excluding hydrogens is 540 g/mol. The van der Waals surface area contributed by atoms with Gasteiger partial charge in [-0.05, 0) is 80.0 Å². The van der Waals surface area contributed by atoms with Crippen LogP contribution in [0.15, 0.2) is 12.1 Å². The van der Waals surface area contributed by atoms with Gasteiger partial charge in [-0.2, -0.15) is 0 Å². The van der Waals surface area contributed by atoms with Gasteiger partial charge in [0.1, 0.15) is 11.9 Å². The van der Waals surface area contributed by atoms with Gasteiger partial charge >= 0.3 is 13.1 Å². The Labute approximate surface area is 247 Å². The summed E-state index contributed by atoms with van der Waals surface area (Å²) in [5.74, 6) is -0.930. The van der Waals surface area contributed by atoms with Gasteiger partial charge in [-0.1, -0.05) is 33.8 Å². The Morgan fingerprint density at radius 2 is 2.00 bits per heavy atom. The number of ether oxygens (including phenoxy) is 2. The van der Waals surface area contributed by atoms with Gasteiger partial charge < -0.3 is 29.2 Å². The lowest BCUT2D eigenvalue weighted by Crippen LogP contribution is -2.72. The van der Waals surface area contributed by atoms with Crippen LogP contribution in [0.5, 0.6) is 5.75 Å². The van der Waals surface area contributed by atoms with Crippen LogP contribution in [0, 0.1) is 45.2 Å². The van der Waals surface area contributed by atoms with E-state index in [0.717, 1.165) is 45.3 Å². The van der Waals surface area contributed by atoms with Gasteiger partial charge in [0, 0.05) is 34.7 Å². The Kier molecular flexibility index (Phi) is 6.50. The molecule has 1 saturated heterocycles. The van der Waals surface area contributed by atoms with Crippen molar-refractivity contribution in [3.63, 3.8) is 0 Å². The molecule has 0 aromatic heterocycles. The lowest BCUT2D eigenvalue weighted by atomic mass is 9.32. The van der Waals surface area contributed by atoms with Crippen molar-refractivity contribution in [1.29, 1.82) is 0 Å². The summed E-state index contributed by atoms with van der Waals surface area (Å²) >= 11 is 0. The van der Waals surface area contributed by atoms with Crippen LogP contribution >= 0.6 is 0 Å². The number of carbonyl (C=O) groups is 2. The number of carbonyl (C=O) groups excluding carboxylic acids is 2. The number of benzene rings is 1. The number of aliphatic hydroxyl groups is 1. The van der Waals surface area contributed by atoms with Gasteiger partial charge in [-0.25, -0.2) is 9.18 Å². The highest BCUT2D eigenvalue weighted by Crippen LogP contribution is 2.82. The van der Waals surface area contributed by atoms with Crippen molar-refractivity contribution in [2.75, 3.05) is 26.2 Å². The van der Waals surface area contributed by atoms with Crippen LogP contribution in [0.1, 0.15) is 71.8 Å². The molecular formula is C32H43BFNO7. The molecule has 2 N–H and O–H groups in total. The number of hydrogen-bond acceptors (Lipinski definition) is 8. The van der Waals surface area contributed by atoms with E-state index in [1.54, 1.807) is 6.07 Å². The SMILES string of the molecule is C[C@@H]1C[C@@]23C[C@@]4(CCC2=O)[C@@H]3[C@]1(C)[C@H](OC(=O)COc1ccc2c(c1F)B(O)OC2)C[C@@](C)(CN1CCC1)[C@@H](O)[C@@H]4C. The number of nitrogens with zero attached hydrogens (tertiary/aromatic N) is 1. The monoisotopic (exact) mass is 583 g/mol. The highest BCUT2D eigenvalue weighted by Gasteiger charge is 2.81. The number of ketones is 1. The van der Waals surface area contributed by atoms with E-state index in [1.807, 2.05) is 0 Å². The van der Waals surface area contributed by atoms with E-state index in [2.05, 4.69) is 32.6 Å². The number of halogens is 1. The van der Waals surface area contributed by atoms with E-state index in [1.165, 1.54) is 6.07 Å². The third-order valence-corrected chi connectivity index (χ3v) is 13.0. The maximum atomic E-state index is 15.1. The molecule has 6 aliphatic rings. The van der Waals surface area contributed by atoms with E-state index < -0.39 is 54.0 Å². The second-order valence-electron chi connectivity index (χ2n) is 15.0. The molecule has 2 heterocycles. The zero-order valence-corrected chi connectivity index (χ0v) is 25.2. The van der Waals surface area contributed by atoms with Crippen molar-refractivity contribution < 1.29 is 38.2 Å². The molecule has 1 aromatic carbocycles. The molecule has 9 atom stereocenters. The zero-order valence-electron chi connectivity index (χ0n) is 25.2. The lowest BCUT2D eigenvalue weighted by Gasteiger charge is -2.72. The van der Waals surface area contributed by atoms with Crippen molar-refractivity contribution in [1.82, 2.24) is 4.90 Å². The van der Waals surface area contributed by atoms with Crippen LogP contribution < -0.4 is 10.2 Å². The van der Waals surface area contributed by atoms with Crippen LogP contribution in [-0.4, -0.2) is 72.4 Å². The normalized spacial score (nSPS) is 43.9. The van der Waals surface area contributed by atoms with Crippen molar-refractivity contribution in [3.8, 4) is 5.75 Å². The fourth-order valence-corrected chi connectivity index (χ4v) is 10.8. The lowest BCUT2D eigenvalue weighted by molar-refractivity contribution is -0.263. The number of fused-ring (bicyclic) bond motifs is 1. The molecule has 42 heavy (non-hydrogen) atoms. The Hall–Kier alpha value is -2.01. The van der Waals surface area contributed by atoms with Gasteiger partial charge in [-0.15, -0.1) is 0 Å². The van der Waals surface area contributed by atoms with E-state index >= 15 is 4.39 Å². The first-order valence-corrected chi connectivity index (χ1v) is 15.7. The Morgan fingerprint density at radius 3 is 2.71 bits per heavy atom. The molecule has 0 amide bonds. The number of esters is 1. The average Bonchev–Trinajstić information content (AvgIpc) is 3.38.